The number of anilines is 1. The second-order valence-corrected chi connectivity index (χ2v) is 6.31. The molecule has 0 radical (unpaired) electrons. The van der Waals surface area contributed by atoms with Crippen LogP contribution in [0.5, 0.6) is 0 Å². The van der Waals surface area contributed by atoms with Gasteiger partial charge in [-0.05, 0) is 50.0 Å². The number of benzene rings is 1. The molecule has 1 aromatic carbocycles. The van der Waals surface area contributed by atoms with E-state index in [0.717, 1.165) is 23.7 Å². The molecule has 1 heterocycles. The number of hydrogen-bond acceptors (Lipinski definition) is 3. The van der Waals surface area contributed by atoms with Crippen molar-refractivity contribution in [2.75, 3.05) is 46.1 Å². The van der Waals surface area contributed by atoms with E-state index < -0.39 is 0 Å². The quantitative estimate of drug-likeness (QED) is 0.901. The molecule has 4 heteroatoms. The van der Waals surface area contributed by atoms with Gasteiger partial charge in [0.1, 0.15) is 0 Å². The molecule has 21 heavy (non-hydrogen) atoms. The smallest absolute Gasteiger partial charge is 0.226 e. The van der Waals surface area contributed by atoms with E-state index in [0.29, 0.717) is 6.42 Å². The number of nitrogens with zero attached hydrogens (tertiary/aromatic N) is 2. The number of carbonyl (C=O) groups is 1. The zero-order valence-electron chi connectivity index (χ0n) is 13.4. The molecule has 0 spiro atoms. The van der Waals surface area contributed by atoms with E-state index in [4.69, 9.17) is 0 Å². The molecule has 1 aromatic rings. The molecule has 1 unspecified atom stereocenters. The minimum atomic E-state index is 0.140. The van der Waals surface area contributed by atoms with Gasteiger partial charge in [0, 0.05) is 32.9 Å². The fourth-order valence-electron chi connectivity index (χ4n) is 2.78. The third-order valence-corrected chi connectivity index (χ3v) is 4.13. The summed E-state index contributed by atoms with van der Waals surface area (Å²) >= 11 is 0. The van der Waals surface area contributed by atoms with Gasteiger partial charge in [0.15, 0.2) is 0 Å². The van der Waals surface area contributed by atoms with Crippen molar-refractivity contribution < 1.29 is 4.79 Å². The van der Waals surface area contributed by atoms with Crippen LogP contribution in [0.4, 0.5) is 5.69 Å². The summed E-state index contributed by atoms with van der Waals surface area (Å²) < 4.78 is 0. The zero-order chi connectivity index (χ0) is 15.2. The Labute approximate surface area is 128 Å². The van der Waals surface area contributed by atoms with E-state index in [1.54, 1.807) is 19.0 Å². The monoisotopic (exact) mass is 289 g/mol. The van der Waals surface area contributed by atoms with E-state index in [1.165, 1.54) is 25.9 Å². The van der Waals surface area contributed by atoms with Crippen LogP contribution in [0.25, 0.3) is 0 Å². The summed E-state index contributed by atoms with van der Waals surface area (Å²) in [5.41, 5.74) is 2.21. The molecule has 0 bridgehead atoms. The Balaban J connectivity index is 1.80. The molecule has 1 saturated heterocycles. The number of hydrogen-bond donors (Lipinski definition) is 1. The summed E-state index contributed by atoms with van der Waals surface area (Å²) in [6.07, 6.45) is 3.09. The number of piperidine rings is 1. The summed E-state index contributed by atoms with van der Waals surface area (Å²) in [7, 11) is 5.78. The van der Waals surface area contributed by atoms with E-state index >= 15 is 0 Å². The molecule has 1 aliphatic heterocycles. The van der Waals surface area contributed by atoms with Crippen LogP contribution in [-0.4, -0.2) is 56.5 Å². The van der Waals surface area contributed by atoms with Gasteiger partial charge in [0.25, 0.3) is 0 Å². The first-order chi connectivity index (χ1) is 10.0. The van der Waals surface area contributed by atoms with Crippen molar-refractivity contribution in [3.8, 4) is 0 Å². The Kier molecular flexibility index (Phi) is 5.62. The van der Waals surface area contributed by atoms with Crippen LogP contribution >= 0.6 is 0 Å². The molecule has 2 rings (SSSR count). The Morgan fingerprint density at radius 3 is 2.67 bits per heavy atom. The molecule has 0 aliphatic carbocycles. The van der Waals surface area contributed by atoms with Crippen LogP contribution in [-0.2, 0) is 11.2 Å². The summed E-state index contributed by atoms with van der Waals surface area (Å²) in [6, 6.07) is 8.23. The maximum atomic E-state index is 11.7. The first kappa shape index (κ1) is 15.8. The minimum Gasteiger partial charge on any atom is -0.385 e. The van der Waals surface area contributed by atoms with Gasteiger partial charge < -0.3 is 15.1 Å². The highest BCUT2D eigenvalue weighted by atomic mass is 16.2. The Hall–Kier alpha value is -1.55. The van der Waals surface area contributed by atoms with Crippen LogP contribution in [0.15, 0.2) is 24.3 Å². The first-order valence-corrected chi connectivity index (χ1v) is 7.76. The highest BCUT2D eigenvalue weighted by molar-refractivity contribution is 5.78. The Bertz CT molecular complexity index is 456. The summed E-state index contributed by atoms with van der Waals surface area (Å²) in [5, 5.41) is 3.52. The summed E-state index contributed by atoms with van der Waals surface area (Å²) in [5.74, 6) is 0.875. The van der Waals surface area contributed by atoms with Crippen molar-refractivity contribution in [2.24, 2.45) is 5.92 Å². The van der Waals surface area contributed by atoms with Crippen molar-refractivity contribution in [1.29, 1.82) is 0 Å². The molecular formula is C17H27N3O. The molecule has 1 fully saturated rings. The molecule has 4 nitrogen and oxygen atoms in total. The van der Waals surface area contributed by atoms with Gasteiger partial charge in [-0.25, -0.2) is 0 Å². The second-order valence-electron chi connectivity index (χ2n) is 6.31. The number of amides is 1. The number of likely N-dealkylation sites (N-methyl/N-ethyl adjacent to an activating group) is 1. The zero-order valence-corrected chi connectivity index (χ0v) is 13.4. The Morgan fingerprint density at radius 1 is 1.33 bits per heavy atom. The predicted octanol–water partition coefficient (Wildman–Crippen LogP) is 2.07. The third-order valence-electron chi connectivity index (χ3n) is 4.13. The van der Waals surface area contributed by atoms with Crippen LogP contribution in [0, 0.1) is 5.92 Å². The average Bonchev–Trinajstić information content (AvgIpc) is 2.46. The van der Waals surface area contributed by atoms with E-state index in [2.05, 4.69) is 29.4 Å². The van der Waals surface area contributed by atoms with E-state index in [-0.39, 0.29) is 5.91 Å². The van der Waals surface area contributed by atoms with Gasteiger partial charge in [-0.1, -0.05) is 12.1 Å². The average molecular weight is 289 g/mol. The van der Waals surface area contributed by atoms with Crippen molar-refractivity contribution >= 4 is 11.6 Å². The lowest BCUT2D eigenvalue weighted by Crippen LogP contribution is -2.35. The normalized spacial score (nSPS) is 19.3. The number of nitrogens with one attached hydrogen (secondary N) is 1. The van der Waals surface area contributed by atoms with Gasteiger partial charge >= 0.3 is 0 Å². The van der Waals surface area contributed by atoms with Crippen LogP contribution < -0.4 is 5.32 Å². The lowest BCUT2D eigenvalue weighted by atomic mass is 9.98. The minimum absolute atomic E-state index is 0.140. The van der Waals surface area contributed by atoms with Crippen LogP contribution in [0.3, 0.4) is 0 Å². The van der Waals surface area contributed by atoms with Gasteiger partial charge in [0.2, 0.25) is 5.91 Å². The van der Waals surface area contributed by atoms with Crippen molar-refractivity contribution in [2.45, 2.75) is 19.3 Å². The molecule has 1 amide bonds. The van der Waals surface area contributed by atoms with Crippen molar-refractivity contribution in [3.05, 3.63) is 29.8 Å². The molecular weight excluding hydrogens is 262 g/mol. The molecule has 1 atom stereocenters. The second kappa shape index (κ2) is 7.46. The largest absolute Gasteiger partial charge is 0.385 e. The standard InChI is InChI=1S/C17H27N3O/c1-19(2)17(21)11-14-6-8-16(9-7-14)18-12-15-5-4-10-20(3)13-15/h6-9,15,18H,4-5,10-13H2,1-3H3. The topological polar surface area (TPSA) is 35.6 Å². The number of carbonyl (C=O) groups excluding carboxylic acids is 1. The predicted molar refractivity (Wildman–Crippen MR) is 87.6 cm³/mol. The lowest BCUT2D eigenvalue weighted by Gasteiger charge is -2.30. The van der Waals surface area contributed by atoms with Gasteiger partial charge in [-0.3, -0.25) is 4.79 Å². The van der Waals surface area contributed by atoms with E-state index in [1.807, 2.05) is 12.1 Å². The maximum Gasteiger partial charge on any atom is 0.226 e. The van der Waals surface area contributed by atoms with Crippen LogP contribution in [0.2, 0.25) is 0 Å². The molecule has 0 saturated carbocycles. The molecule has 1 aliphatic rings. The fourth-order valence-corrected chi connectivity index (χ4v) is 2.78. The molecule has 116 valence electrons. The number of likely N-dealkylation sites (tertiary alicyclic amines) is 1. The highest BCUT2D eigenvalue weighted by Gasteiger charge is 2.16. The van der Waals surface area contributed by atoms with Crippen molar-refractivity contribution in [3.63, 3.8) is 0 Å². The van der Waals surface area contributed by atoms with Gasteiger partial charge in [-0.2, -0.15) is 0 Å². The maximum absolute atomic E-state index is 11.7. The Morgan fingerprint density at radius 2 is 2.05 bits per heavy atom. The SMILES string of the molecule is CN1CCCC(CNc2ccc(CC(=O)N(C)C)cc2)C1. The van der Waals surface area contributed by atoms with Crippen molar-refractivity contribution in [1.82, 2.24) is 9.80 Å². The van der Waals surface area contributed by atoms with Gasteiger partial charge in [-0.15, -0.1) is 0 Å². The van der Waals surface area contributed by atoms with E-state index in [9.17, 15) is 4.79 Å². The summed E-state index contributed by atoms with van der Waals surface area (Å²) in [6.45, 7) is 3.44. The lowest BCUT2D eigenvalue weighted by molar-refractivity contribution is -0.127. The summed E-state index contributed by atoms with van der Waals surface area (Å²) in [4.78, 5) is 15.7. The first-order valence-electron chi connectivity index (χ1n) is 7.76. The fraction of sp³-hybridized carbons (Fsp3) is 0.588. The van der Waals surface area contributed by atoms with Crippen LogP contribution in [0.1, 0.15) is 18.4 Å². The number of rotatable bonds is 5. The third kappa shape index (κ3) is 5.05. The highest BCUT2D eigenvalue weighted by Crippen LogP contribution is 2.17. The molecule has 0 aromatic heterocycles. The van der Waals surface area contributed by atoms with Gasteiger partial charge in [0.05, 0.1) is 6.42 Å². The molecule has 1 N–H and O–H groups in total.